The third-order valence-electron chi connectivity index (χ3n) is 9.16. The Balaban J connectivity index is 4.16. The van der Waals surface area contributed by atoms with E-state index in [9.17, 15) is 14.3 Å². The summed E-state index contributed by atoms with van der Waals surface area (Å²) in [6, 6.07) is 0. The molecular weight excluding hydrogens is 637 g/mol. The predicted molar refractivity (Wildman–Crippen MR) is 204 cm³/mol. The minimum atomic E-state index is -4.51. The number of ether oxygens (including phenoxy) is 2. The van der Waals surface area contributed by atoms with Crippen molar-refractivity contribution >= 4 is 13.8 Å². The first-order chi connectivity index (χ1) is 23.6. The van der Waals surface area contributed by atoms with Gasteiger partial charge in [0.1, 0.15) is 19.3 Å². The lowest BCUT2D eigenvalue weighted by molar-refractivity contribution is -0.870. The predicted octanol–water partition coefficient (Wildman–Crippen LogP) is 11.1. The van der Waals surface area contributed by atoms with Crippen LogP contribution in [-0.2, 0) is 27.9 Å². The van der Waals surface area contributed by atoms with Crippen LogP contribution < -0.4 is 4.89 Å². The molecule has 0 heterocycles. The Morgan fingerprint density at radius 1 is 0.551 bits per heavy atom. The number of hydrogen-bond donors (Lipinski definition) is 0. The maximum atomic E-state index is 12.6. The molecule has 49 heavy (non-hydrogen) atoms. The van der Waals surface area contributed by atoms with Gasteiger partial charge in [0.2, 0.25) is 0 Å². The fourth-order valence-electron chi connectivity index (χ4n) is 5.90. The molecule has 0 aromatic heterocycles. The minimum absolute atomic E-state index is 0.0310. The van der Waals surface area contributed by atoms with Crippen molar-refractivity contribution in [1.82, 2.24) is 0 Å². The van der Waals surface area contributed by atoms with Crippen molar-refractivity contribution in [3.8, 4) is 0 Å². The second-order valence-electron chi connectivity index (χ2n) is 15.4. The fourth-order valence-corrected chi connectivity index (χ4v) is 6.63. The monoisotopic (exact) mass is 720 g/mol. The van der Waals surface area contributed by atoms with Gasteiger partial charge in [0, 0.05) is 13.0 Å². The molecule has 0 saturated carbocycles. The average molecular weight is 720 g/mol. The first-order valence-corrected chi connectivity index (χ1v) is 22.2. The Morgan fingerprint density at radius 2 is 0.939 bits per heavy atom. The molecular formula is C40H82NO7P. The lowest BCUT2D eigenvalue weighted by atomic mass is 10.0. The van der Waals surface area contributed by atoms with E-state index in [-0.39, 0.29) is 25.8 Å². The van der Waals surface area contributed by atoms with E-state index >= 15 is 0 Å². The highest BCUT2D eigenvalue weighted by molar-refractivity contribution is 7.45. The SMILES string of the molecule is CCCCCCCCCCCCCCCCCCCOCC(COP(=O)([O-])OCC[N+](C)(C)C)OC(=O)CCCCCCCCCCCC. The molecule has 0 aromatic rings. The summed E-state index contributed by atoms with van der Waals surface area (Å²) >= 11 is 0. The van der Waals surface area contributed by atoms with Gasteiger partial charge in [-0.25, -0.2) is 0 Å². The number of quaternary nitrogens is 1. The van der Waals surface area contributed by atoms with Crippen LogP contribution in [0.5, 0.6) is 0 Å². The average Bonchev–Trinajstić information content (AvgIpc) is 3.04. The van der Waals surface area contributed by atoms with E-state index in [1.54, 1.807) is 0 Å². The molecule has 0 radical (unpaired) electrons. The zero-order chi connectivity index (χ0) is 36.3. The summed E-state index contributed by atoms with van der Waals surface area (Å²) in [5, 5.41) is 0. The summed E-state index contributed by atoms with van der Waals surface area (Å²) in [5.74, 6) is -0.332. The van der Waals surface area contributed by atoms with Crippen LogP contribution in [0, 0.1) is 0 Å². The van der Waals surface area contributed by atoms with Gasteiger partial charge >= 0.3 is 5.97 Å². The molecule has 2 unspecified atom stereocenters. The van der Waals surface area contributed by atoms with Gasteiger partial charge < -0.3 is 27.9 Å². The Morgan fingerprint density at radius 3 is 1.35 bits per heavy atom. The molecule has 9 heteroatoms. The van der Waals surface area contributed by atoms with Crippen LogP contribution in [0.15, 0.2) is 0 Å². The fraction of sp³-hybridized carbons (Fsp3) is 0.975. The molecule has 0 aliphatic carbocycles. The van der Waals surface area contributed by atoms with E-state index in [0.717, 1.165) is 32.1 Å². The number of unbranched alkanes of at least 4 members (excludes halogenated alkanes) is 25. The normalized spacial score (nSPS) is 13.8. The van der Waals surface area contributed by atoms with Crippen LogP contribution in [0.3, 0.4) is 0 Å². The highest BCUT2D eigenvalue weighted by atomic mass is 31.2. The first kappa shape index (κ1) is 48.5. The standard InChI is InChI=1S/C40H82NO7P/c1-6-8-10-12-14-16-18-19-20-21-22-23-24-26-28-30-32-35-45-37-39(38-47-49(43,44)46-36-34-41(3,4)5)48-40(42)33-31-29-27-25-17-15-13-11-9-7-2/h39H,6-38H2,1-5H3. The topological polar surface area (TPSA) is 94.1 Å². The summed E-state index contributed by atoms with van der Waals surface area (Å²) in [7, 11) is 1.37. The largest absolute Gasteiger partial charge is 0.756 e. The molecule has 2 atom stereocenters. The number of esters is 1. The summed E-state index contributed by atoms with van der Waals surface area (Å²) in [6.07, 6.45) is 33.9. The number of carbonyl (C=O) groups excluding carboxylic acids is 1. The quantitative estimate of drug-likeness (QED) is 0.0270. The van der Waals surface area contributed by atoms with Gasteiger partial charge in [-0.2, -0.15) is 0 Å². The van der Waals surface area contributed by atoms with Crippen molar-refractivity contribution in [3.63, 3.8) is 0 Å². The number of phosphoric ester groups is 1. The third kappa shape index (κ3) is 38.6. The Bertz CT molecular complexity index is 761. The highest BCUT2D eigenvalue weighted by Gasteiger charge is 2.20. The van der Waals surface area contributed by atoms with E-state index in [0.29, 0.717) is 24.1 Å². The molecule has 0 aromatic carbocycles. The number of carbonyl (C=O) groups is 1. The summed E-state index contributed by atoms with van der Waals surface area (Å²) in [6.45, 7) is 5.44. The first-order valence-electron chi connectivity index (χ1n) is 20.8. The maximum absolute atomic E-state index is 12.6. The van der Waals surface area contributed by atoms with E-state index in [4.69, 9.17) is 18.5 Å². The number of likely N-dealkylation sites (N-methyl/N-ethyl adjacent to an activating group) is 1. The number of hydrogen-bond acceptors (Lipinski definition) is 7. The van der Waals surface area contributed by atoms with Crippen LogP contribution in [0.25, 0.3) is 0 Å². The van der Waals surface area contributed by atoms with Gasteiger partial charge in [0.25, 0.3) is 7.82 Å². The molecule has 0 saturated heterocycles. The molecule has 0 rings (SSSR count). The van der Waals surface area contributed by atoms with Gasteiger partial charge in [-0.1, -0.05) is 174 Å². The zero-order valence-electron chi connectivity index (χ0n) is 33.2. The van der Waals surface area contributed by atoms with Gasteiger partial charge in [-0.05, 0) is 12.8 Å². The zero-order valence-corrected chi connectivity index (χ0v) is 34.1. The number of nitrogens with zero attached hydrogens (tertiary/aromatic N) is 1. The lowest BCUT2D eigenvalue weighted by Crippen LogP contribution is -2.37. The van der Waals surface area contributed by atoms with Gasteiger partial charge in [0.15, 0.2) is 0 Å². The van der Waals surface area contributed by atoms with E-state index in [2.05, 4.69) is 13.8 Å². The van der Waals surface area contributed by atoms with Crippen LogP contribution in [0.2, 0.25) is 0 Å². The Kier molecular flexibility index (Phi) is 34.2. The molecule has 294 valence electrons. The van der Waals surface area contributed by atoms with Crippen molar-refractivity contribution in [2.24, 2.45) is 0 Å². The molecule has 0 aliphatic heterocycles. The van der Waals surface area contributed by atoms with E-state index < -0.39 is 13.9 Å². The van der Waals surface area contributed by atoms with Crippen LogP contribution in [0.4, 0.5) is 0 Å². The van der Waals surface area contributed by atoms with Crippen LogP contribution in [-0.4, -0.2) is 70.7 Å². The van der Waals surface area contributed by atoms with Gasteiger partial charge in [-0.15, -0.1) is 0 Å². The molecule has 8 nitrogen and oxygen atoms in total. The third-order valence-corrected chi connectivity index (χ3v) is 10.1. The van der Waals surface area contributed by atoms with Crippen LogP contribution in [0.1, 0.15) is 194 Å². The van der Waals surface area contributed by atoms with Crippen molar-refractivity contribution in [2.75, 3.05) is 54.1 Å². The summed E-state index contributed by atoms with van der Waals surface area (Å²) in [4.78, 5) is 24.9. The minimum Gasteiger partial charge on any atom is -0.756 e. The lowest BCUT2D eigenvalue weighted by Gasteiger charge is -2.28. The smallest absolute Gasteiger partial charge is 0.306 e. The van der Waals surface area contributed by atoms with Crippen molar-refractivity contribution < 1.29 is 37.3 Å². The van der Waals surface area contributed by atoms with Gasteiger partial charge in [0.05, 0.1) is 34.4 Å². The van der Waals surface area contributed by atoms with Crippen molar-refractivity contribution in [2.45, 2.75) is 200 Å². The molecule has 0 amide bonds. The highest BCUT2D eigenvalue weighted by Crippen LogP contribution is 2.38. The van der Waals surface area contributed by atoms with E-state index in [1.165, 1.54) is 141 Å². The number of rotatable bonds is 39. The van der Waals surface area contributed by atoms with Gasteiger partial charge in [-0.3, -0.25) is 9.36 Å². The Labute approximate surface area is 304 Å². The summed E-state index contributed by atoms with van der Waals surface area (Å²) in [5.41, 5.74) is 0. The van der Waals surface area contributed by atoms with Crippen LogP contribution >= 0.6 is 7.82 Å². The van der Waals surface area contributed by atoms with Crippen molar-refractivity contribution in [3.05, 3.63) is 0 Å². The maximum Gasteiger partial charge on any atom is 0.306 e. The second-order valence-corrected chi connectivity index (χ2v) is 16.8. The second kappa shape index (κ2) is 34.6. The van der Waals surface area contributed by atoms with Crippen molar-refractivity contribution in [1.29, 1.82) is 0 Å². The number of phosphoric acid groups is 1. The molecule has 0 aliphatic rings. The molecule has 0 spiro atoms. The molecule has 0 N–H and O–H groups in total. The molecule has 0 fully saturated rings. The summed E-state index contributed by atoms with van der Waals surface area (Å²) < 4.78 is 34.5. The molecule has 0 bridgehead atoms. The Hall–Kier alpha value is -0.500. The van der Waals surface area contributed by atoms with E-state index in [1.807, 2.05) is 21.1 Å².